The van der Waals surface area contributed by atoms with Gasteiger partial charge in [0.1, 0.15) is 0 Å². The molecule has 1 aliphatic heterocycles. The topological polar surface area (TPSA) is 50.3 Å². The van der Waals surface area contributed by atoms with Crippen LogP contribution in [0.2, 0.25) is 0 Å². The van der Waals surface area contributed by atoms with Gasteiger partial charge < -0.3 is 4.90 Å². The molecule has 0 unspecified atom stereocenters. The first kappa shape index (κ1) is 14.2. The van der Waals surface area contributed by atoms with Gasteiger partial charge >= 0.3 is 0 Å². The smallest absolute Gasteiger partial charge is 0.227 e. The summed E-state index contributed by atoms with van der Waals surface area (Å²) in [6.07, 6.45) is 8.17. The molecule has 2 heterocycles. The molecule has 22 heavy (non-hydrogen) atoms. The molecule has 2 aromatic rings. The maximum atomic E-state index is 12.1. The van der Waals surface area contributed by atoms with Crippen molar-refractivity contribution in [1.82, 2.24) is 4.98 Å². The Morgan fingerprint density at radius 3 is 2.64 bits per heavy atom. The van der Waals surface area contributed by atoms with Gasteiger partial charge in [0, 0.05) is 36.6 Å². The van der Waals surface area contributed by atoms with Crippen molar-refractivity contribution in [3.05, 3.63) is 66.0 Å². The van der Waals surface area contributed by atoms with Crippen molar-refractivity contribution < 1.29 is 9.59 Å². The van der Waals surface area contributed by atoms with E-state index in [4.69, 9.17) is 0 Å². The third-order valence-corrected chi connectivity index (χ3v) is 3.65. The molecule has 110 valence electrons. The van der Waals surface area contributed by atoms with Crippen molar-refractivity contribution in [3.8, 4) is 0 Å². The highest BCUT2D eigenvalue weighted by Gasteiger charge is 2.21. The molecule has 3 rings (SSSR count). The second-order valence-corrected chi connectivity index (χ2v) is 5.18. The Hall–Kier alpha value is -2.75. The Morgan fingerprint density at radius 1 is 1.18 bits per heavy atom. The van der Waals surface area contributed by atoms with Crippen molar-refractivity contribution in [2.24, 2.45) is 0 Å². The normalized spacial score (nSPS) is 14.7. The van der Waals surface area contributed by atoms with Gasteiger partial charge in [-0.2, -0.15) is 0 Å². The Morgan fingerprint density at radius 2 is 2.00 bits per heavy atom. The van der Waals surface area contributed by atoms with E-state index in [0.717, 1.165) is 24.2 Å². The van der Waals surface area contributed by atoms with Gasteiger partial charge in [-0.25, -0.2) is 0 Å². The summed E-state index contributed by atoms with van der Waals surface area (Å²) in [5, 5.41) is 0. The molecule has 0 atom stereocenters. The van der Waals surface area contributed by atoms with Crippen LogP contribution in [0.3, 0.4) is 0 Å². The number of ketones is 1. The minimum Gasteiger partial charge on any atom is -0.312 e. The van der Waals surface area contributed by atoms with E-state index < -0.39 is 0 Å². The molecular weight excluding hydrogens is 276 g/mol. The first-order valence-corrected chi connectivity index (χ1v) is 7.27. The van der Waals surface area contributed by atoms with Crippen LogP contribution >= 0.6 is 0 Å². The summed E-state index contributed by atoms with van der Waals surface area (Å²) < 4.78 is 0. The van der Waals surface area contributed by atoms with Crippen molar-refractivity contribution >= 4 is 23.5 Å². The van der Waals surface area contributed by atoms with E-state index in [-0.39, 0.29) is 11.7 Å². The zero-order chi connectivity index (χ0) is 15.4. The number of aromatic nitrogens is 1. The Balaban J connectivity index is 1.71. The van der Waals surface area contributed by atoms with E-state index in [0.29, 0.717) is 12.0 Å². The fourth-order valence-corrected chi connectivity index (χ4v) is 2.47. The lowest BCUT2D eigenvalue weighted by molar-refractivity contribution is -0.117. The molecule has 1 saturated heterocycles. The molecule has 1 aliphatic rings. The molecule has 4 heteroatoms. The second-order valence-electron chi connectivity index (χ2n) is 5.18. The minimum atomic E-state index is -0.0665. The highest BCUT2D eigenvalue weighted by molar-refractivity contribution is 6.07. The van der Waals surface area contributed by atoms with Gasteiger partial charge in [-0.3, -0.25) is 14.6 Å². The fraction of sp³-hybridized carbons (Fsp3) is 0.167. The SMILES string of the molecule is O=C(C=Cc1cccnc1)c1ccc(N2CCCC2=O)cc1. The molecule has 0 radical (unpaired) electrons. The molecule has 0 aliphatic carbocycles. The molecule has 0 spiro atoms. The third kappa shape index (κ3) is 3.11. The van der Waals surface area contributed by atoms with E-state index in [9.17, 15) is 9.59 Å². The maximum Gasteiger partial charge on any atom is 0.227 e. The quantitative estimate of drug-likeness (QED) is 0.642. The summed E-state index contributed by atoms with van der Waals surface area (Å²) in [4.78, 5) is 29.6. The van der Waals surface area contributed by atoms with Crippen LogP contribution in [0.5, 0.6) is 0 Å². The number of pyridine rings is 1. The molecular formula is C18H16N2O2. The Labute approximate surface area is 129 Å². The van der Waals surface area contributed by atoms with E-state index in [1.54, 1.807) is 35.5 Å². The van der Waals surface area contributed by atoms with Crippen LogP contribution in [0.1, 0.15) is 28.8 Å². The van der Waals surface area contributed by atoms with Crippen molar-refractivity contribution in [1.29, 1.82) is 0 Å². The second kappa shape index (κ2) is 6.35. The number of carbonyl (C=O) groups is 2. The van der Waals surface area contributed by atoms with Crippen LogP contribution < -0.4 is 4.90 Å². The lowest BCUT2D eigenvalue weighted by Crippen LogP contribution is -2.23. The van der Waals surface area contributed by atoms with Crippen LogP contribution in [0, 0.1) is 0 Å². The highest BCUT2D eigenvalue weighted by Crippen LogP contribution is 2.21. The van der Waals surface area contributed by atoms with Crippen LogP contribution in [-0.4, -0.2) is 23.2 Å². The monoisotopic (exact) mass is 292 g/mol. The molecule has 4 nitrogen and oxygen atoms in total. The summed E-state index contributed by atoms with van der Waals surface area (Å²) in [6.45, 7) is 0.757. The summed E-state index contributed by atoms with van der Waals surface area (Å²) in [7, 11) is 0. The molecule has 0 saturated carbocycles. The third-order valence-electron chi connectivity index (χ3n) is 3.65. The van der Waals surface area contributed by atoms with Crippen LogP contribution in [-0.2, 0) is 4.79 Å². The standard InChI is InChI=1S/C18H16N2O2/c21-17(10-5-14-3-1-11-19-13-14)15-6-8-16(9-7-15)20-12-2-4-18(20)22/h1,3,5-11,13H,2,4,12H2. The number of hydrogen-bond donors (Lipinski definition) is 0. The summed E-state index contributed by atoms with van der Waals surface area (Å²) in [5.41, 5.74) is 2.35. The van der Waals surface area contributed by atoms with Gasteiger partial charge in [-0.15, -0.1) is 0 Å². The van der Waals surface area contributed by atoms with E-state index >= 15 is 0 Å². The number of carbonyl (C=O) groups excluding carboxylic acids is 2. The van der Waals surface area contributed by atoms with Gasteiger partial charge in [0.05, 0.1) is 0 Å². The average Bonchev–Trinajstić information content (AvgIpc) is 3.00. The number of benzene rings is 1. The minimum absolute atomic E-state index is 0.0665. The predicted molar refractivity (Wildman–Crippen MR) is 85.6 cm³/mol. The molecule has 1 fully saturated rings. The molecule has 1 amide bonds. The number of anilines is 1. The number of hydrogen-bond acceptors (Lipinski definition) is 3. The number of rotatable bonds is 4. The van der Waals surface area contributed by atoms with Crippen molar-refractivity contribution in [2.45, 2.75) is 12.8 Å². The largest absolute Gasteiger partial charge is 0.312 e. The molecule has 0 bridgehead atoms. The number of allylic oxidation sites excluding steroid dienone is 1. The van der Waals surface area contributed by atoms with Gasteiger partial charge in [-0.1, -0.05) is 6.07 Å². The van der Waals surface area contributed by atoms with Gasteiger partial charge in [0.2, 0.25) is 5.91 Å². The van der Waals surface area contributed by atoms with Gasteiger partial charge in [0.25, 0.3) is 0 Å². The average molecular weight is 292 g/mol. The lowest BCUT2D eigenvalue weighted by atomic mass is 10.1. The fourth-order valence-electron chi connectivity index (χ4n) is 2.47. The predicted octanol–water partition coefficient (Wildman–Crippen LogP) is 3.10. The Kier molecular flexibility index (Phi) is 4.10. The molecule has 1 aromatic heterocycles. The van der Waals surface area contributed by atoms with Crippen LogP contribution in [0.25, 0.3) is 6.08 Å². The van der Waals surface area contributed by atoms with Crippen molar-refractivity contribution in [2.75, 3.05) is 11.4 Å². The molecule has 0 N–H and O–H groups in total. The van der Waals surface area contributed by atoms with E-state index in [2.05, 4.69) is 4.98 Å². The van der Waals surface area contributed by atoms with E-state index in [1.807, 2.05) is 24.3 Å². The van der Waals surface area contributed by atoms with Gasteiger partial charge in [-0.05, 0) is 54.5 Å². The lowest BCUT2D eigenvalue weighted by Gasteiger charge is -2.15. The van der Waals surface area contributed by atoms with E-state index in [1.165, 1.54) is 6.08 Å². The maximum absolute atomic E-state index is 12.1. The van der Waals surface area contributed by atoms with Crippen LogP contribution in [0.4, 0.5) is 5.69 Å². The summed E-state index contributed by atoms with van der Waals surface area (Å²) in [6, 6.07) is 10.9. The van der Waals surface area contributed by atoms with Crippen LogP contribution in [0.15, 0.2) is 54.9 Å². The van der Waals surface area contributed by atoms with Crippen molar-refractivity contribution in [3.63, 3.8) is 0 Å². The first-order chi connectivity index (χ1) is 10.7. The zero-order valence-corrected chi connectivity index (χ0v) is 12.1. The Bertz CT molecular complexity index is 706. The first-order valence-electron chi connectivity index (χ1n) is 7.27. The zero-order valence-electron chi connectivity index (χ0n) is 12.1. The highest BCUT2D eigenvalue weighted by atomic mass is 16.2. The summed E-state index contributed by atoms with van der Waals surface area (Å²) >= 11 is 0. The number of amides is 1. The van der Waals surface area contributed by atoms with Gasteiger partial charge in [0.15, 0.2) is 5.78 Å². The summed E-state index contributed by atoms with van der Waals surface area (Å²) in [5.74, 6) is 0.0821. The molecule has 1 aromatic carbocycles. The number of nitrogens with zero attached hydrogens (tertiary/aromatic N) is 2.